The average Bonchev–Trinajstić information content (AvgIpc) is 2.33. The average molecular weight is 201 g/mol. The Morgan fingerprint density at radius 1 is 1.33 bits per heavy atom. The molecule has 2 nitrogen and oxygen atoms in total. The molecule has 0 bridgehead atoms. The maximum Gasteiger partial charge on any atom is 0.132 e. The van der Waals surface area contributed by atoms with E-state index >= 15 is 0 Å². The van der Waals surface area contributed by atoms with Crippen molar-refractivity contribution >= 4 is 34.1 Å². The molecule has 0 aliphatic heterocycles. The number of benzene rings is 1. The molecule has 0 atom stereocenters. The SMILES string of the molecule is Cc1cc(Cl)c2n[nH]c(Cl)c2c1. The van der Waals surface area contributed by atoms with Gasteiger partial charge in [-0.2, -0.15) is 5.10 Å². The molecule has 0 amide bonds. The van der Waals surface area contributed by atoms with Gasteiger partial charge in [0.2, 0.25) is 0 Å². The molecule has 0 saturated carbocycles. The first-order chi connectivity index (χ1) is 5.68. The van der Waals surface area contributed by atoms with Crippen molar-refractivity contribution in [1.29, 1.82) is 0 Å². The Morgan fingerprint density at radius 2 is 2.08 bits per heavy atom. The molecule has 0 spiro atoms. The lowest BCUT2D eigenvalue weighted by atomic mass is 10.2. The molecule has 0 fully saturated rings. The van der Waals surface area contributed by atoms with Crippen LogP contribution in [0.5, 0.6) is 0 Å². The van der Waals surface area contributed by atoms with Crippen LogP contribution in [0.2, 0.25) is 10.2 Å². The molecule has 1 aromatic heterocycles. The molecular formula is C8H6Cl2N2. The van der Waals surface area contributed by atoms with Gasteiger partial charge >= 0.3 is 0 Å². The number of fused-ring (bicyclic) bond motifs is 1. The lowest BCUT2D eigenvalue weighted by Crippen LogP contribution is -1.74. The molecule has 0 radical (unpaired) electrons. The molecule has 0 aliphatic rings. The quantitative estimate of drug-likeness (QED) is 0.696. The molecule has 4 heteroatoms. The zero-order valence-electron chi connectivity index (χ0n) is 6.36. The van der Waals surface area contributed by atoms with E-state index in [0.717, 1.165) is 16.5 Å². The van der Waals surface area contributed by atoms with E-state index in [1.807, 2.05) is 19.1 Å². The van der Waals surface area contributed by atoms with Crippen LogP contribution >= 0.6 is 23.2 Å². The van der Waals surface area contributed by atoms with Gasteiger partial charge in [-0.25, -0.2) is 0 Å². The van der Waals surface area contributed by atoms with Crippen LogP contribution in [0.25, 0.3) is 10.9 Å². The predicted molar refractivity (Wildman–Crippen MR) is 50.9 cm³/mol. The molecular weight excluding hydrogens is 195 g/mol. The minimum Gasteiger partial charge on any atom is -0.266 e. The van der Waals surface area contributed by atoms with Gasteiger partial charge < -0.3 is 0 Å². The highest BCUT2D eigenvalue weighted by Crippen LogP contribution is 2.27. The number of halogens is 2. The first kappa shape index (κ1) is 7.90. The molecule has 0 saturated heterocycles. The summed E-state index contributed by atoms with van der Waals surface area (Å²) in [5.74, 6) is 0. The Bertz CT molecular complexity index is 434. The van der Waals surface area contributed by atoms with Crippen LogP contribution < -0.4 is 0 Å². The molecule has 2 aromatic rings. The summed E-state index contributed by atoms with van der Waals surface area (Å²) in [5, 5.41) is 8.69. The Kier molecular flexibility index (Phi) is 1.74. The van der Waals surface area contributed by atoms with Gasteiger partial charge in [-0.3, -0.25) is 5.10 Å². The normalized spacial score (nSPS) is 10.9. The third-order valence-electron chi connectivity index (χ3n) is 1.71. The molecule has 1 aromatic carbocycles. The van der Waals surface area contributed by atoms with E-state index in [4.69, 9.17) is 23.2 Å². The Labute approximate surface area is 79.5 Å². The number of rotatable bonds is 0. The second kappa shape index (κ2) is 2.64. The van der Waals surface area contributed by atoms with Gasteiger partial charge in [-0.15, -0.1) is 0 Å². The fraction of sp³-hybridized carbons (Fsp3) is 0.125. The summed E-state index contributed by atoms with van der Waals surface area (Å²) >= 11 is 11.8. The van der Waals surface area contributed by atoms with Crippen molar-refractivity contribution < 1.29 is 0 Å². The van der Waals surface area contributed by atoms with E-state index in [9.17, 15) is 0 Å². The van der Waals surface area contributed by atoms with Crippen molar-refractivity contribution in [2.24, 2.45) is 0 Å². The van der Waals surface area contributed by atoms with Crippen LogP contribution in [0.4, 0.5) is 0 Å². The van der Waals surface area contributed by atoms with Crippen LogP contribution in [0.15, 0.2) is 12.1 Å². The number of nitrogens with one attached hydrogen (secondary N) is 1. The van der Waals surface area contributed by atoms with Crippen molar-refractivity contribution in [3.8, 4) is 0 Å². The van der Waals surface area contributed by atoms with Gasteiger partial charge in [0.15, 0.2) is 0 Å². The van der Waals surface area contributed by atoms with Crippen LogP contribution in [-0.4, -0.2) is 10.2 Å². The van der Waals surface area contributed by atoms with Crippen LogP contribution in [0.1, 0.15) is 5.56 Å². The Hall–Kier alpha value is -0.730. The minimum absolute atomic E-state index is 0.538. The third kappa shape index (κ3) is 1.08. The van der Waals surface area contributed by atoms with E-state index in [1.54, 1.807) is 0 Å². The number of hydrogen-bond donors (Lipinski definition) is 1. The molecule has 2 rings (SSSR count). The van der Waals surface area contributed by atoms with E-state index in [1.165, 1.54) is 0 Å². The molecule has 12 heavy (non-hydrogen) atoms. The van der Waals surface area contributed by atoms with Crippen molar-refractivity contribution in [2.75, 3.05) is 0 Å². The lowest BCUT2D eigenvalue weighted by molar-refractivity contribution is 1.12. The van der Waals surface area contributed by atoms with E-state index in [-0.39, 0.29) is 0 Å². The summed E-state index contributed by atoms with van der Waals surface area (Å²) < 4.78 is 0. The fourth-order valence-electron chi connectivity index (χ4n) is 1.18. The lowest BCUT2D eigenvalue weighted by Gasteiger charge is -1.94. The second-order valence-corrected chi connectivity index (χ2v) is 3.47. The topological polar surface area (TPSA) is 28.7 Å². The van der Waals surface area contributed by atoms with Gasteiger partial charge in [0.1, 0.15) is 10.7 Å². The maximum atomic E-state index is 5.93. The highest BCUT2D eigenvalue weighted by atomic mass is 35.5. The number of nitrogens with zero attached hydrogens (tertiary/aromatic N) is 1. The van der Waals surface area contributed by atoms with E-state index < -0.39 is 0 Å². The van der Waals surface area contributed by atoms with Crippen molar-refractivity contribution in [3.63, 3.8) is 0 Å². The first-order valence-corrected chi connectivity index (χ1v) is 4.24. The van der Waals surface area contributed by atoms with Crippen molar-refractivity contribution in [2.45, 2.75) is 6.92 Å². The molecule has 0 unspecified atom stereocenters. The smallest absolute Gasteiger partial charge is 0.132 e. The summed E-state index contributed by atoms with van der Waals surface area (Å²) in [6, 6.07) is 3.81. The maximum absolute atomic E-state index is 5.93. The van der Waals surface area contributed by atoms with Gasteiger partial charge in [-0.05, 0) is 24.6 Å². The summed E-state index contributed by atoms with van der Waals surface area (Å²) in [4.78, 5) is 0. The number of H-pyrrole nitrogens is 1. The van der Waals surface area contributed by atoms with Crippen LogP contribution in [-0.2, 0) is 0 Å². The monoisotopic (exact) mass is 200 g/mol. The van der Waals surface area contributed by atoms with E-state index in [2.05, 4.69) is 10.2 Å². The van der Waals surface area contributed by atoms with E-state index in [0.29, 0.717) is 10.2 Å². The summed E-state index contributed by atoms with van der Waals surface area (Å²) in [5.41, 5.74) is 1.81. The predicted octanol–water partition coefficient (Wildman–Crippen LogP) is 3.18. The number of aromatic nitrogens is 2. The zero-order valence-corrected chi connectivity index (χ0v) is 7.87. The highest BCUT2D eigenvalue weighted by Gasteiger charge is 2.06. The fourth-order valence-corrected chi connectivity index (χ4v) is 1.68. The zero-order chi connectivity index (χ0) is 8.72. The number of aromatic amines is 1. The summed E-state index contributed by atoms with van der Waals surface area (Å²) in [6.07, 6.45) is 0. The number of aryl methyl sites for hydroxylation is 1. The van der Waals surface area contributed by atoms with Crippen molar-refractivity contribution in [3.05, 3.63) is 27.9 Å². The van der Waals surface area contributed by atoms with Gasteiger partial charge in [0.25, 0.3) is 0 Å². The largest absolute Gasteiger partial charge is 0.266 e. The first-order valence-electron chi connectivity index (χ1n) is 3.48. The van der Waals surface area contributed by atoms with Gasteiger partial charge in [0.05, 0.1) is 5.02 Å². The van der Waals surface area contributed by atoms with Crippen LogP contribution in [0, 0.1) is 6.92 Å². The highest BCUT2D eigenvalue weighted by molar-refractivity contribution is 6.38. The Morgan fingerprint density at radius 3 is 2.83 bits per heavy atom. The van der Waals surface area contributed by atoms with Crippen molar-refractivity contribution in [1.82, 2.24) is 10.2 Å². The Balaban J connectivity index is 2.92. The molecule has 1 N–H and O–H groups in total. The standard InChI is InChI=1S/C8H6Cl2N2/c1-4-2-5-7(6(9)3-4)11-12-8(5)10/h2-3H,1H3,(H,11,12). The third-order valence-corrected chi connectivity index (χ3v) is 2.29. The second-order valence-electron chi connectivity index (χ2n) is 2.68. The summed E-state index contributed by atoms with van der Waals surface area (Å²) in [7, 11) is 0. The summed E-state index contributed by atoms with van der Waals surface area (Å²) in [6.45, 7) is 1.97. The molecule has 0 aliphatic carbocycles. The molecule has 1 heterocycles. The minimum atomic E-state index is 0.538. The van der Waals surface area contributed by atoms with Gasteiger partial charge in [-0.1, -0.05) is 23.2 Å². The number of hydrogen-bond acceptors (Lipinski definition) is 1. The molecule has 62 valence electrons. The van der Waals surface area contributed by atoms with Gasteiger partial charge in [0, 0.05) is 5.39 Å². The van der Waals surface area contributed by atoms with Crippen LogP contribution in [0.3, 0.4) is 0 Å².